The molecule has 0 heterocycles. The largest absolute Gasteiger partial charge is 0.422 e. The number of rotatable bonds is 10. The van der Waals surface area contributed by atoms with E-state index in [-0.39, 0.29) is 23.4 Å². The molecule has 0 saturated carbocycles. The zero-order valence-electron chi connectivity index (χ0n) is 17.7. The van der Waals surface area contributed by atoms with Crippen molar-refractivity contribution in [3.05, 3.63) is 23.7 Å². The van der Waals surface area contributed by atoms with E-state index < -0.39 is 35.3 Å². The topological polar surface area (TPSA) is 86.7 Å². The first kappa shape index (κ1) is 23.8. The lowest BCUT2D eigenvalue weighted by molar-refractivity contribution is -0.149. The Bertz CT molecular complexity index is 615. The fourth-order valence-corrected chi connectivity index (χ4v) is 2.96. The van der Waals surface area contributed by atoms with Crippen LogP contribution in [0.15, 0.2) is 23.7 Å². The molecule has 0 saturated heterocycles. The Balaban J connectivity index is 2.76. The summed E-state index contributed by atoms with van der Waals surface area (Å²) in [6.45, 7) is 11.4. The molecule has 0 bridgehead atoms. The van der Waals surface area contributed by atoms with Crippen LogP contribution in [0.25, 0.3) is 0 Å². The molecule has 0 aromatic carbocycles. The summed E-state index contributed by atoms with van der Waals surface area (Å²) in [5.74, 6) is -3.69. The molecule has 28 heavy (non-hydrogen) atoms. The van der Waals surface area contributed by atoms with E-state index in [2.05, 4.69) is 0 Å². The van der Waals surface area contributed by atoms with Crippen LogP contribution in [-0.2, 0) is 28.7 Å². The van der Waals surface area contributed by atoms with Gasteiger partial charge >= 0.3 is 11.9 Å². The van der Waals surface area contributed by atoms with E-state index in [4.69, 9.17) is 9.47 Å². The van der Waals surface area contributed by atoms with Crippen molar-refractivity contribution in [1.82, 2.24) is 0 Å². The van der Waals surface area contributed by atoms with Gasteiger partial charge in [-0.05, 0) is 11.8 Å². The molecule has 0 aliphatic heterocycles. The van der Waals surface area contributed by atoms with Gasteiger partial charge in [0, 0.05) is 12.2 Å². The van der Waals surface area contributed by atoms with Crippen molar-refractivity contribution in [2.24, 2.45) is 23.7 Å². The molecule has 0 fully saturated rings. The number of ketones is 2. The van der Waals surface area contributed by atoms with Crippen LogP contribution < -0.4 is 0 Å². The van der Waals surface area contributed by atoms with Crippen LogP contribution in [0.5, 0.6) is 0 Å². The summed E-state index contributed by atoms with van der Waals surface area (Å²) in [6.07, 6.45) is 5.42. The molecule has 0 amide bonds. The van der Waals surface area contributed by atoms with Gasteiger partial charge in [0.2, 0.25) is 11.6 Å². The van der Waals surface area contributed by atoms with Gasteiger partial charge in [0.1, 0.15) is 0 Å². The second-order valence-corrected chi connectivity index (χ2v) is 7.70. The highest BCUT2D eigenvalue weighted by molar-refractivity contribution is 6.19. The Morgan fingerprint density at radius 2 is 1.07 bits per heavy atom. The number of hydrogen-bond acceptors (Lipinski definition) is 6. The van der Waals surface area contributed by atoms with Gasteiger partial charge in [-0.2, -0.15) is 0 Å². The second kappa shape index (κ2) is 10.9. The number of carbonyl (C=O) groups excluding carboxylic acids is 4. The van der Waals surface area contributed by atoms with E-state index in [9.17, 15) is 19.2 Å². The number of carbonyl (C=O) groups is 4. The maximum absolute atomic E-state index is 12.2. The van der Waals surface area contributed by atoms with Gasteiger partial charge in [0.05, 0.1) is 11.8 Å². The van der Waals surface area contributed by atoms with Crippen molar-refractivity contribution in [3.63, 3.8) is 0 Å². The van der Waals surface area contributed by atoms with E-state index in [1.54, 1.807) is 13.8 Å². The van der Waals surface area contributed by atoms with Crippen molar-refractivity contribution in [2.75, 3.05) is 0 Å². The highest BCUT2D eigenvalue weighted by atomic mass is 16.5. The van der Waals surface area contributed by atoms with Gasteiger partial charge in [-0.1, -0.05) is 67.2 Å². The molecule has 1 aliphatic carbocycles. The minimum atomic E-state index is -0.666. The average Bonchev–Trinajstić information content (AvgIpc) is 2.64. The number of esters is 2. The van der Waals surface area contributed by atoms with Crippen LogP contribution in [0.4, 0.5) is 0 Å². The smallest absolute Gasteiger partial charge is 0.314 e. The number of allylic oxidation sites excluding steroid dienone is 2. The Kier molecular flexibility index (Phi) is 9.29. The Labute approximate surface area is 167 Å². The molecule has 0 spiro atoms. The molecule has 4 unspecified atom stereocenters. The number of hydrogen-bond donors (Lipinski definition) is 0. The molecular formula is C22H32O6. The third-order valence-electron chi connectivity index (χ3n) is 5.37. The normalized spacial score (nSPS) is 18.5. The van der Waals surface area contributed by atoms with Crippen LogP contribution >= 0.6 is 0 Å². The highest BCUT2D eigenvalue weighted by Gasteiger charge is 2.30. The predicted octanol–water partition coefficient (Wildman–Crippen LogP) is 4.14. The van der Waals surface area contributed by atoms with Gasteiger partial charge in [0.25, 0.3) is 0 Å². The van der Waals surface area contributed by atoms with Crippen molar-refractivity contribution in [1.29, 1.82) is 0 Å². The maximum atomic E-state index is 12.2. The molecule has 0 aromatic rings. The molecular weight excluding hydrogens is 360 g/mol. The summed E-state index contributed by atoms with van der Waals surface area (Å²) in [5, 5.41) is 0. The quantitative estimate of drug-likeness (QED) is 0.410. The predicted molar refractivity (Wildman–Crippen MR) is 105 cm³/mol. The fourth-order valence-electron chi connectivity index (χ4n) is 2.96. The lowest BCUT2D eigenvalue weighted by atomic mass is 9.92. The first-order chi connectivity index (χ1) is 13.1. The molecule has 0 N–H and O–H groups in total. The van der Waals surface area contributed by atoms with Crippen molar-refractivity contribution >= 4 is 23.5 Å². The van der Waals surface area contributed by atoms with E-state index in [1.807, 2.05) is 27.7 Å². The monoisotopic (exact) mass is 392 g/mol. The van der Waals surface area contributed by atoms with Crippen LogP contribution in [0.1, 0.15) is 67.2 Å². The van der Waals surface area contributed by atoms with E-state index in [0.717, 1.165) is 37.8 Å². The molecule has 156 valence electrons. The Morgan fingerprint density at radius 1 is 0.750 bits per heavy atom. The van der Waals surface area contributed by atoms with Gasteiger partial charge in [-0.15, -0.1) is 0 Å². The zero-order chi connectivity index (χ0) is 21.4. The van der Waals surface area contributed by atoms with E-state index in [1.165, 1.54) is 0 Å². The standard InChI is InChI=1S/C22H32O6/c1-7-9-13(3)15(5)21(25)27-19-11-18(24)20(12-17(19)23)28-22(26)16(6)14(4)10-8-2/h11-16H,7-10H2,1-6H3. The summed E-state index contributed by atoms with van der Waals surface area (Å²) < 4.78 is 10.3. The van der Waals surface area contributed by atoms with E-state index >= 15 is 0 Å². The Hall–Kier alpha value is -2.24. The molecule has 4 atom stereocenters. The minimum Gasteiger partial charge on any atom is -0.422 e. The van der Waals surface area contributed by atoms with Gasteiger partial charge in [0.15, 0.2) is 11.5 Å². The summed E-state index contributed by atoms with van der Waals surface area (Å²) in [7, 11) is 0. The molecule has 1 aliphatic rings. The summed E-state index contributed by atoms with van der Waals surface area (Å²) >= 11 is 0. The second-order valence-electron chi connectivity index (χ2n) is 7.70. The SMILES string of the molecule is CCCC(C)C(C)C(=O)OC1=CC(=O)C(OC(=O)C(C)C(C)CCC)=CC1=O. The zero-order valence-corrected chi connectivity index (χ0v) is 17.7. The lowest BCUT2D eigenvalue weighted by Gasteiger charge is -2.20. The first-order valence-corrected chi connectivity index (χ1v) is 10.1. The third-order valence-corrected chi connectivity index (χ3v) is 5.37. The summed E-state index contributed by atoms with van der Waals surface area (Å²) in [5.41, 5.74) is 0. The number of ether oxygens (including phenoxy) is 2. The lowest BCUT2D eigenvalue weighted by Crippen LogP contribution is -2.27. The average molecular weight is 392 g/mol. The molecule has 0 aromatic heterocycles. The van der Waals surface area contributed by atoms with Crippen LogP contribution in [0.2, 0.25) is 0 Å². The maximum Gasteiger partial charge on any atom is 0.314 e. The van der Waals surface area contributed by atoms with Gasteiger partial charge in [-0.25, -0.2) is 0 Å². The molecule has 1 rings (SSSR count). The van der Waals surface area contributed by atoms with Gasteiger partial charge < -0.3 is 9.47 Å². The van der Waals surface area contributed by atoms with Crippen molar-refractivity contribution in [2.45, 2.75) is 67.2 Å². The molecule has 6 nitrogen and oxygen atoms in total. The van der Waals surface area contributed by atoms with Crippen LogP contribution in [-0.4, -0.2) is 23.5 Å². The molecule has 0 radical (unpaired) electrons. The minimum absolute atomic E-state index is 0.103. The highest BCUT2D eigenvalue weighted by Crippen LogP contribution is 2.23. The molecule has 6 heteroatoms. The summed E-state index contributed by atoms with van der Waals surface area (Å²) in [4.78, 5) is 48.9. The first-order valence-electron chi connectivity index (χ1n) is 10.1. The van der Waals surface area contributed by atoms with Gasteiger partial charge in [-0.3, -0.25) is 19.2 Å². The van der Waals surface area contributed by atoms with E-state index in [0.29, 0.717) is 0 Å². The third kappa shape index (κ3) is 6.43. The van der Waals surface area contributed by atoms with Crippen LogP contribution in [0.3, 0.4) is 0 Å². The summed E-state index contributed by atoms with van der Waals surface area (Å²) in [6, 6.07) is 0. The van der Waals surface area contributed by atoms with Crippen molar-refractivity contribution in [3.8, 4) is 0 Å². The fraction of sp³-hybridized carbons (Fsp3) is 0.636. The Morgan fingerprint density at radius 3 is 1.36 bits per heavy atom. The van der Waals surface area contributed by atoms with Crippen molar-refractivity contribution < 1.29 is 28.7 Å². The van der Waals surface area contributed by atoms with Crippen LogP contribution in [0, 0.1) is 23.7 Å².